The quantitative estimate of drug-likeness (QED) is 0.886. The standard InChI is InChI=1S/C14H17BrClNO3/c1-14(2,3)17(7-6-12(18)19)13(20)9-4-5-10(15)11(16)8-9/h4-5,8H,6-7H2,1-3H3,(H,18,19). The Kier molecular flexibility index (Phi) is 5.59. The molecule has 0 saturated carbocycles. The van der Waals surface area contributed by atoms with Crippen molar-refractivity contribution in [2.75, 3.05) is 6.54 Å². The Hall–Kier alpha value is -1.07. The molecule has 1 amide bonds. The van der Waals surface area contributed by atoms with E-state index in [0.29, 0.717) is 15.1 Å². The molecule has 20 heavy (non-hydrogen) atoms. The van der Waals surface area contributed by atoms with Crippen LogP contribution in [-0.2, 0) is 4.79 Å². The molecule has 0 heterocycles. The van der Waals surface area contributed by atoms with Gasteiger partial charge in [-0.25, -0.2) is 0 Å². The first-order valence-corrected chi connectivity index (χ1v) is 7.29. The average Bonchev–Trinajstić information content (AvgIpc) is 2.30. The van der Waals surface area contributed by atoms with Crippen molar-refractivity contribution in [1.29, 1.82) is 0 Å². The van der Waals surface area contributed by atoms with Crippen LogP contribution in [0.15, 0.2) is 22.7 Å². The summed E-state index contributed by atoms with van der Waals surface area (Å²) >= 11 is 9.26. The molecule has 0 unspecified atom stereocenters. The maximum atomic E-state index is 12.5. The minimum Gasteiger partial charge on any atom is -0.481 e. The Labute approximate surface area is 131 Å². The maximum absolute atomic E-state index is 12.5. The van der Waals surface area contributed by atoms with Crippen LogP contribution in [0.2, 0.25) is 5.02 Å². The summed E-state index contributed by atoms with van der Waals surface area (Å²) in [5, 5.41) is 9.24. The van der Waals surface area contributed by atoms with Gasteiger partial charge in [0.15, 0.2) is 0 Å². The second-order valence-electron chi connectivity index (χ2n) is 5.40. The first-order valence-electron chi connectivity index (χ1n) is 6.11. The van der Waals surface area contributed by atoms with Gasteiger partial charge in [-0.3, -0.25) is 9.59 Å². The first kappa shape index (κ1) is 17.0. The minimum absolute atomic E-state index is 0.0900. The van der Waals surface area contributed by atoms with Crippen molar-refractivity contribution in [2.24, 2.45) is 0 Å². The normalized spacial score (nSPS) is 11.2. The van der Waals surface area contributed by atoms with Gasteiger partial charge in [0.25, 0.3) is 5.91 Å². The number of nitrogens with zero attached hydrogens (tertiary/aromatic N) is 1. The van der Waals surface area contributed by atoms with Crippen LogP contribution in [0.4, 0.5) is 0 Å². The highest BCUT2D eigenvalue weighted by molar-refractivity contribution is 9.10. The number of amides is 1. The third kappa shape index (κ3) is 4.49. The highest BCUT2D eigenvalue weighted by Gasteiger charge is 2.27. The summed E-state index contributed by atoms with van der Waals surface area (Å²) in [5.41, 5.74) is -0.0231. The molecule has 6 heteroatoms. The smallest absolute Gasteiger partial charge is 0.305 e. The molecular weight excluding hydrogens is 346 g/mol. The number of hydrogen-bond donors (Lipinski definition) is 1. The largest absolute Gasteiger partial charge is 0.481 e. The summed E-state index contributed by atoms with van der Waals surface area (Å²) in [6.45, 7) is 5.76. The fourth-order valence-corrected chi connectivity index (χ4v) is 2.16. The highest BCUT2D eigenvalue weighted by Crippen LogP contribution is 2.25. The number of aliphatic carboxylic acids is 1. The molecule has 1 aromatic rings. The molecule has 0 bridgehead atoms. The molecule has 0 aliphatic carbocycles. The van der Waals surface area contributed by atoms with Crippen LogP contribution >= 0.6 is 27.5 Å². The van der Waals surface area contributed by atoms with E-state index < -0.39 is 11.5 Å². The van der Waals surface area contributed by atoms with Crippen LogP contribution in [0.25, 0.3) is 0 Å². The molecule has 0 fully saturated rings. The van der Waals surface area contributed by atoms with E-state index in [-0.39, 0.29) is 18.9 Å². The van der Waals surface area contributed by atoms with Gasteiger partial charge in [-0.05, 0) is 54.9 Å². The number of benzene rings is 1. The fraction of sp³-hybridized carbons (Fsp3) is 0.429. The molecular formula is C14H17BrClNO3. The number of halogens is 2. The topological polar surface area (TPSA) is 57.6 Å². The minimum atomic E-state index is -0.930. The lowest BCUT2D eigenvalue weighted by molar-refractivity contribution is -0.137. The molecule has 4 nitrogen and oxygen atoms in total. The molecule has 0 atom stereocenters. The van der Waals surface area contributed by atoms with Crippen molar-refractivity contribution in [3.8, 4) is 0 Å². The van der Waals surface area contributed by atoms with Crippen molar-refractivity contribution in [1.82, 2.24) is 4.90 Å². The lowest BCUT2D eigenvalue weighted by Crippen LogP contribution is -2.46. The SMILES string of the molecule is CC(C)(C)N(CCC(=O)O)C(=O)c1ccc(Br)c(Cl)c1. The van der Waals surface area contributed by atoms with Crippen molar-refractivity contribution < 1.29 is 14.7 Å². The van der Waals surface area contributed by atoms with Crippen LogP contribution in [-0.4, -0.2) is 34.0 Å². The lowest BCUT2D eigenvalue weighted by Gasteiger charge is -2.35. The van der Waals surface area contributed by atoms with E-state index >= 15 is 0 Å². The number of carboxylic acid groups (broad SMARTS) is 1. The summed E-state index contributed by atoms with van der Waals surface area (Å²) in [4.78, 5) is 24.8. The Morgan fingerprint density at radius 3 is 2.40 bits per heavy atom. The zero-order valence-corrected chi connectivity index (χ0v) is 14.0. The Morgan fingerprint density at radius 2 is 1.95 bits per heavy atom. The van der Waals surface area contributed by atoms with Gasteiger partial charge in [0.05, 0.1) is 11.4 Å². The number of carboxylic acids is 1. The van der Waals surface area contributed by atoms with E-state index in [4.69, 9.17) is 16.7 Å². The molecule has 110 valence electrons. The van der Waals surface area contributed by atoms with Gasteiger partial charge < -0.3 is 10.0 Å². The van der Waals surface area contributed by atoms with Crippen LogP contribution in [0.5, 0.6) is 0 Å². The second-order valence-corrected chi connectivity index (χ2v) is 6.66. The first-order chi connectivity index (χ1) is 9.12. The summed E-state index contributed by atoms with van der Waals surface area (Å²) < 4.78 is 0.712. The van der Waals surface area contributed by atoms with Crippen molar-refractivity contribution in [2.45, 2.75) is 32.7 Å². The number of hydrogen-bond acceptors (Lipinski definition) is 2. The summed E-state index contributed by atoms with van der Waals surface area (Å²) in [7, 11) is 0. The maximum Gasteiger partial charge on any atom is 0.305 e. The third-order valence-electron chi connectivity index (χ3n) is 2.77. The van der Waals surface area contributed by atoms with E-state index in [0.717, 1.165) is 0 Å². The van der Waals surface area contributed by atoms with Crippen molar-refractivity contribution in [3.05, 3.63) is 33.3 Å². The van der Waals surface area contributed by atoms with Crippen LogP contribution in [0, 0.1) is 0 Å². The summed E-state index contributed by atoms with van der Waals surface area (Å²) in [5.74, 6) is -1.16. The van der Waals surface area contributed by atoms with Crippen LogP contribution in [0.1, 0.15) is 37.6 Å². The molecule has 1 N–H and O–H groups in total. The number of carbonyl (C=O) groups excluding carboxylic acids is 1. The summed E-state index contributed by atoms with van der Waals surface area (Å²) in [6.07, 6.45) is -0.0900. The van der Waals surface area contributed by atoms with Gasteiger partial charge in [-0.15, -0.1) is 0 Å². The predicted molar refractivity (Wildman–Crippen MR) is 82.2 cm³/mol. The molecule has 0 spiro atoms. The van der Waals surface area contributed by atoms with E-state index in [1.54, 1.807) is 23.1 Å². The average molecular weight is 363 g/mol. The monoisotopic (exact) mass is 361 g/mol. The Morgan fingerprint density at radius 1 is 1.35 bits per heavy atom. The molecule has 0 radical (unpaired) electrons. The zero-order valence-electron chi connectivity index (χ0n) is 11.6. The number of carbonyl (C=O) groups is 2. The van der Waals surface area contributed by atoms with E-state index in [1.165, 1.54) is 0 Å². The van der Waals surface area contributed by atoms with Gasteiger partial charge >= 0.3 is 5.97 Å². The van der Waals surface area contributed by atoms with Crippen molar-refractivity contribution in [3.63, 3.8) is 0 Å². The van der Waals surface area contributed by atoms with Crippen molar-refractivity contribution >= 4 is 39.4 Å². The number of rotatable bonds is 4. The molecule has 1 aromatic carbocycles. The van der Waals surface area contributed by atoms with E-state index in [9.17, 15) is 9.59 Å². The Balaban J connectivity index is 3.03. The molecule has 0 saturated heterocycles. The predicted octanol–water partition coefficient (Wildman–Crippen LogP) is 3.82. The van der Waals surface area contributed by atoms with Crippen LogP contribution < -0.4 is 0 Å². The van der Waals surface area contributed by atoms with E-state index in [2.05, 4.69) is 15.9 Å². The lowest BCUT2D eigenvalue weighted by atomic mass is 10.0. The van der Waals surface area contributed by atoms with Gasteiger partial charge in [-0.2, -0.15) is 0 Å². The Bertz CT molecular complexity index is 526. The van der Waals surface area contributed by atoms with Crippen LogP contribution in [0.3, 0.4) is 0 Å². The van der Waals surface area contributed by atoms with Gasteiger partial charge in [0, 0.05) is 22.1 Å². The molecule has 0 aliphatic heterocycles. The van der Waals surface area contributed by atoms with E-state index in [1.807, 2.05) is 20.8 Å². The zero-order chi connectivity index (χ0) is 15.5. The van der Waals surface area contributed by atoms with Gasteiger partial charge in [-0.1, -0.05) is 11.6 Å². The fourth-order valence-electron chi connectivity index (χ4n) is 1.73. The second kappa shape index (κ2) is 6.59. The van der Waals surface area contributed by atoms with Gasteiger partial charge in [0.1, 0.15) is 0 Å². The van der Waals surface area contributed by atoms with Gasteiger partial charge in [0.2, 0.25) is 0 Å². The molecule has 0 aliphatic rings. The third-order valence-corrected chi connectivity index (χ3v) is 4.00. The highest BCUT2D eigenvalue weighted by atomic mass is 79.9. The molecule has 0 aromatic heterocycles. The summed E-state index contributed by atoms with van der Waals surface area (Å²) in [6, 6.07) is 4.94. The molecule has 1 rings (SSSR count).